The lowest BCUT2D eigenvalue weighted by molar-refractivity contribution is -0.125. The van der Waals surface area contributed by atoms with Crippen molar-refractivity contribution in [3.05, 3.63) is 16.6 Å². The molecule has 1 aliphatic rings. The van der Waals surface area contributed by atoms with Gasteiger partial charge in [0, 0.05) is 24.3 Å². The number of carbonyl (C=O) groups excluding carboxylic acids is 1. The lowest BCUT2D eigenvalue weighted by atomic mass is 9.95. The van der Waals surface area contributed by atoms with Crippen molar-refractivity contribution >= 4 is 17.2 Å². The van der Waals surface area contributed by atoms with Gasteiger partial charge in [0.2, 0.25) is 5.91 Å². The maximum atomic E-state index is 12.0. The molecule has 2 atom stereocenters. The number of nitrogens with one attached hydrogen (secondary N) is 1. The molecule has 2 rings (SSSR count). The van der Waals surface area contributed by atoms with E-state index in [4.69, 9.17) is 5.73 Å². The van der Waals surface area contributed by atoms with E-state index in [1.54, 1.807) is 11.3 Å². The van der Waals surface area contributed by atoms with Crippen LogP contribution in [-0.4, -0.2) is 24.0 Å². The molecule has 1 fully saturated rings. The molecule has 4 nitrogen and oxygen atoms in total. The molecule has 17 heavy (non-hydrogen) atoms. The Hall–Kier alpha value is -0.940. The molecule has 1 aromatic rings. The van der Waals surface area contributed by atoms with Gasteiger partial charge in [0.25, 0.3) is 0 Å². The molecule has 1 aliphatic carbocycles. The van der Waals surface area contributed by atoms with E-state index in [9.17, 15) is 4.79 Å². The minimum atomic E-state index is 0.135. The Morgan fingerprint density at radius 2 is 2.47 bits per heavy atom. The summed E-state index contributed by atoms with van der Waals surface area (Å²) in [4.78, 5) is 16.1. The number of thiazole rings is 1. The SMILES string of the molecule is NC[C@H]1CCC[C@H]1C(=O)NCCc1cscn1. The van der Waals surface area contributed by atoms with Gasteiger partial charge < -0.3 is 11.1 Å². The van der Waals surface area contributed by atoms with Crippen LogP contribution in [-0.2, 0) is 11.2 Å². The lowest BCUT2D eigenvalue weighted by Crippen LogP contribution is -2.36. The summed E-state index contributed by atoms with van der Waals surface area (Å²) in [6.07, 6.45) is 4.03. The average molecular weight is 253 g/mol. The van der Waals surface area contributed by atoms with Crippen LogP contribution in [0.3, 0.4) is 0 Å². The molecule has 0 bridgehead atoms. The number of nitrogens with zero attached hydrogens (tertiary/aromatic N) is 1. The molecular weight excluding hydrogens is 234 g/mol. The van der Waals surface area contributed by atoms with Crippen LogP contribution in [0.15, 0.2) is 10.9 Å². The smallest absolute Gasteiger partial charge is 0.223 e. The third-order valence-corrected chi connectivity index (χ3v) is 4.10. The number of aromatic nitrogens is 1. The van der Waals surface area contributed by atoms with E-state index in [1.165, 1.54) is 0 Å². The third kappa shape index (κ3) is 3.26. The summed E-state index contributed by atoms with van der Waals surface area (Å²) in [7, 11) is 0. The quantitative estimate of drug-likeness (QED) is 0.828. The van der Waals surface area contributed by atoms with Gasteiger partial charge in [0.1, 0.15) is 0 Å². The monoisotopic (exact) mass is 253 g/mol. The Morgan fingerprint density at radius 3 is 3.18 bits per heavy atom. The maximum Gasteiger partial charge on any atom is 0.223 e. The Labute approximate surface area is 106 Å². The van der Waals surface area contributed by atoms with Crippen molar-refractivity contribution in [1.82, 2.24) is 10.3 Å². The largest absolute Gasteiger partial charge is 0.355 e. The topological polar surface area (TPSA) is 68.0 Å². The van der Waals surface area contributed by atoms with E-state index in [0.29, 0.717) is 19.0 Å². The van der Waals surface area contributed by atoms with Gasteiger partial charge >= 0.3 is 0 Å². The zero-order valence-corrected chi connectivity index (χ0v) is 10.7. The molecule has 0 aliphatic heterocycles. The molecule has 0 unspecified atom stereocenters. The van der Waals surface area contributed by atoms with Gasteiger partial charge in [-0.1, -0.05) is 6.42 Å². The van der Waals surface area contributed by atoms with Crippen molar-refractivity contribution in [3.63, 3.8) is 0 Å². The van der Waals surface area contributed by atoms with Crippen LogP contribution >= 0.6 is 11.3 Å². The van der Waals surface area contributed by atoms with Gasteiger partial charge in [-0.25, -0.2) is 4.98 Å². The Bertz CT molecular complexity index is 353. The van der Waals surface area contributed by atoms with E-state index in [-0.39, 0.29) is 11.8 Å². The number of hydrogen-bond donors (Lipinski definition) is 2. The summed E-state index contributed by atoms with van der Waals surface area (Å²) < 4.78 is 0. The summed E-state index contributed by atoms with van der Waals surface area (Å²) in [5, 5.41) is 5.02. The first kappa shape index (κ1) is 12.5. The second-order valence-electron chi connectivity index (χ2n) is 4.55. The standard InChI is InChI=1S/C12H19N3OS/c13-6-9-2-1-3-11(9)12(16)14-5-4-10-7-17-8-15-10/h7-9,11H,1-6,13H2,(H,14,16)/t9-,11-/m1/s1. The van der Waals surface area contributed by atoms with Crippen molar-refractivity contribution in [2.24, 2.45) is 17.6 Å². The van der Waals surface area contributed by atoms with Crippen molar-refractivity contribution in [3.8, 4) is 0 Å². The number of hydrogen-bond acceptors (Lipinski definition) is 4. The summed E-state index contributed by atoms with van der Waals surface area (Å²) in [5.74, 6) is 0.692. The van der Waals surface area contributed by atoms with Gasteiger partial charge in [-0.3, -0.25) is 4.79 Å². The highest BCUT2D eigenvalue weighted by Crippen LogP contribution is 2.30. The van der Waals surface area contributed by atoms with E-state index in [0.717, 1.165) is 31.4 Å². The minimum absolute atomic E-state index is 0.135. The summed E-state index contributed by atoms with van der Waals surface area (Å²) in [5.41, 5.74) is 8.55. The van der Waals surface area contributed by atoms with Gasteiger partial charge in [0.05, 0.1) is 11.2 Å². The lowest BCUT2D eigenvalue weighted by Gasteiger charge is -2.17. The molecule has 0 spiro atoms. The predicted octanol–water partition coefficient (Wildman–Crippen LogP) is 1.18. The number of rotatable bonds is 5. The van der Waals surface area contributed by atoms with E-state index >= 15 is 0 Å². The molecule has 1 heterocycles. The van der Waals surface area contributed by atoms with Crippen molar-refractivity contribution in [1.29, 1.82) is 0 Å². The van der Waals surface area contributed by atoms with Crippen molar-refractivity contribution in [2.75, 3.05) is 13.1 Å². The van der Waals surface area contributed by atoms with Crippen LogP contribution in [0.2, 0.25) is 0 Å². The van der Waals surface area contributed by atoms with Crippen LogP contribution in [0.4, 0.5) is 0 Å². The average Bonchev–Trinajstić information content (AvgIpc) is 2.99. The molecule has 1 saturated carbocycles. The molecule has 94 valence electrons. The summed E-state index contributed by atoms with van der Waals surface area (Å²) in [6, 6.07) is 0. The first-order chi connectivity index (χ1) is 8.31. The third-order valence-electron chi connectivity index (χ3n) is 3.46. The summed E-state index contributed by atoms with van der Waals surface area (Å²) >= 11 is 1.59. The molecule has 0 aromatic carbocycles. The van der Waals surface area contributed by atoms with Crippen LogP contribution in [0.1, 0.15) is 25.0 Å². The van der Waals surface area contributed by atoms with Gasteiger partial charge in [-0.2, -0.15) is 0 Å². The van der Waals surface area contributed by atoms with Crippen LogP contribution in [0.5, 0.6) is 0 Å². The fourth-order valence-corrected chi connectivity index (χ4v) is 3.06. The van der Waals surface area contributed by atoms with Crippen molar-refractivity contribution in [2.45, 2.75) is 25.7 Å². The Balaban J connectivity index is 1.73. The molecule has 1 amide bonds. The molecule has 0 saturated heterocycles. The zero-order valence-electron chi connectivity index (χ0n) is 9.89. The second-order valence-corrected chi connectivity index (χ2v) is 5.27. The number of carbonyl (C=O) groups is 1. The van der Waals surface area contributed by atoms with Gasteiger partial charge in [0.15, 0.2) is 0 Å². The van der Waals surface area contributed by atoms with Crippen molar-refractivity contribution < 1.29 is 4.79 Å². The molecule has 1 aromatic heterocycles. The normalized spacial score (nSPS) is 23.8. The van der Waals surface area contributed by atoms with Crippen LogP contribution in [0.25, 0.3) is 0 Å². The number of nitrogens with two attached hydrogens (primary N) is 1. The zero-order chi connectivity index (χ0) is 12.1. The highest BCUT2D eigenvalue weighted by Gasteiger charge is 2.31. The molecule has 0 radical (unpaired) electrons. The first-order valence-electron chi connectivity index (χ1n) is 6.16. The van der Waals surface area contributed by atoms with E-state index < -0.39 is 0 Å². The minimum Gasteiger partial charge on any atom is -0.355 e. The first-order valence-corrected chi connectivity index (χ1v) is 7.10. The Morgan fingerprint density at radius 1 is 1.59 bits per heavy atom. The van der Waals surface area contributed by atoms with Gasteiger partial charge in [-0.05, 0) is 25.3 Å². The summed E-state index contributed by atoms with van der Waals surface area (Å²) in [6.45, 7) is 1.31. The Kier molecular flexibility index (Phi) is 4.50. The maximum absolute atomic E-state index is 12.0. The molecular formula is C12H19N3OS. The molecule has 3 N–H and O–H groups in total. The van der Waals surface area contributed by atoms with E-state index in [2.05, 4.69) is 10.3 Å². The highest BCUT2D eigenvalue weighted by atomic mass is 32.1. The van der Waals surface area contributed by atoms with Crippen LogP contribution < -0.4 is 11.1 Å². The highest BCUT2D eigenvalue weighted by molar-refractivity contribution is 7.07. The predicted molar refractivity (Wildman–Crippen MR) is 68.7 cm³/mol. The number of amides is 1. The molecule has 5 heteroatoms. The van der Waals surface area contributed by atoms with E-state index in [1.807, 2.05) is 10.9 Å². The fraction of sp³-hybridized carbons (Fsp3) is 0.667. The fourth-order valence-electron chi connectivity index (χ4n) is 2.47. The second kappa shape index (κ2) is 6.12. The van der Waals surface area contributed by atoms with Gasteiger partial charge in [-0.15, -0.1) is 11.3 Å². The van der Waals surface area contributed by atoms with Crippen LogP contribution in [0, 0.1) is 11.8 Å².